The molecule has 0 aliphatic carbocycles. The number of carboxylic acid groups (broad SMARTS) is 1. The molecular weight excluding hydrogens is 190 g/mol. The summed E-state index contributed by atoms with van der Waals surface area (Å²) in [5.74, 6) is -0.0549. The van der Waals surface area contributed by atoms with E-state index in [0.717, 1.165) is 24.7 Å². The van der Waals surface area contributed by atoms with Crippen molar-refractivity contribution in [3.05, 3.63) is 29.8 Å². The number of aromatic carboxylic acids is 1. The number of nitrogens with zero attached hydrogens (tertiary/aromatic N) is 1. The van der Waals surface area contributed by atoms with Gasteiger partial charge in [0, 0.05) is 18.8 Å². The van der Waals surface area contributed by atoms with Crippen molar-refractivity contribution < 1.29 is 9.90 Å². The maximum Gasteiger partial charge on any atom is 0.335 e. The van der Waals surface area contributed by atoms with E-state index in [1.807, 2.05) is 12.1 Å². The smallest absolute Gasteiger partial charge is 0.335 e. The van der Waals surface area contributed by atoms with Crippen LogP contribution in [0.2, 0.25) is 0 Å². The molecule has 0 bridgehead atoms. The van der Waals surface area contributed by atoms with Gasteiger partial charge in [-0.3, -0.25) is 0 Å². The van der Waals surface area contributed by atoms with E-state index >= 15 is 0 Å². The van der Waals surface area contributed by atoms with E-state index < -0.39 is 5.97 Å². The topological polar surface area (TPSA) is 40.5 Å². The van der Waals surface area contributed by atoms with Crippen molar-refractivity contribution in [1.29, 1.82) is 0 Å². The molecule has 1 N–H and O–H groups in total. The van der Waals surface area contributed by atoms with Crippen molar-refractivity contribution >= 4 is 11.7 Å². The molecule has 1 fully saturated rings. The third-order valence-electron chi connectivity index (χ3n) is 3.01. The third-order valence-corrected chi connectivity index (χ3v) is 3.01. The highest BCUT2D eigenvalue weighted by molar-refractivity contribution is 5.88. The van der Waals surface area contributed by atoms with Crippen molar-refractivity contribution in [2.24, 2.45) is 5.92 Å². The molecule has 0 aromatic heterocycles. The second-order valence-electron chi connectivity index (χ2n) is 4.03. The molecule has 1 aliphatic heterocycles. The van der Waals surface area contributed by atoms with Crippen molar-refractivity contribution in [2.45, 2.75) is 13.3 Å². The van der Waals surface area contributed by atoms with Gasteiger partial charge < -0.3 is 10.0 Å². The molecule has 80 valence electrons. The number of rotatable bonds is 3. The van der Waals surface area contributed by atoms with Crippen molar-refractivity contribution in [3.8, 4) is 0 Å². The predicted octanol–water partition coefficient (Wildman–Crippen LogP) is 2.23. The van der Waals surface area contributed by atoms with E-state index in [4.69, 9.17) is 5.11 Å². The number of hydrogen-bond donors (Lipinski definition) is 1. The lowest BCUT2D eigenvalue weighted by molar-refractivity contribution is 0.0697. The average molecular weight is 205 g/mol. The van der Waals surface area contributed by atoms with Crippen LogP contribution in [0, 0.1) is 5.92 Å². The summed E-state index contributed by atoms with van der Waals surface area (Å²) in [7, 11) is 0. The van der Waals surface area contributed by atoms with Crippen LogP contribution < -0.4 is 4.90 Å². The number of carbonyl (C=O) groups is 1. The Morgan fingerprint density at radius 3 is 2.47 bits per heavy atom. The van der Waals surface area contributed by atoms with Crippen molar-refractivity contribution in [2.75, 3.05) is 18.0 Å². The maximum absolute atomic E-state index is 10.7. The zero-order chi connectivity index (χ0) is 10.8. The summed E-state index contributed by atoms with van der Waals surface area (Å²) in [5, 5.41) is 8.75. The van der Waals surface area contributed by atoms with Crippen LogP contribution in [0.25, 0.3) is 0 Å². The molecule has 0 radical (unpaired) electrons. The van der Waals surface area contributed by atoms with Gasteiger partial charge in [0.05, 0.1) is 5.56 Å². The van der Waals surface area contributed by atoms with Crippen molar-refractivity contribution in [1.82, 2.24) is 0 Å². The van der Waals surface area contributed by atoms with Crippen LogP contribution in [0.1, 0.15) is 23.7 Å². The van der Waals surface area contributed by atoms with E-state index in [9.17, 15) is 4.79 Å². The van der Waals surface area contributed by atoms with E-state index in [1.165, 1.54) is 6.42 Å². The Morgan fingerprint density at radius 1 is 1.40 bits per heavy atom. The first-order chi connectivity index (χ1) is 7.20. The van der Waals surface area contributed by atoms with Gasteiger partial charge in [-0.1, -0.05) is 6.92 Å². The van der Waals surface area contributed by atoms with Crippen LogP contribution >= 0.6 is 0 Å². The van der Waals surface area contributed by atoms with Gasteiger partial charge in [0.15, 0.2) is 0 Å². The highest BCUT2D eigenvalue weighted by Gasteiger charge is 2.24. The second kappa shape index (κ2) is 3.93. The maximum atomic E-state index is 10.7. The van der Waals surface area contributed by atoms with Crippen LogP contribution in [0.15, 0.2) is 24.3 Å². The van der Waals surface area contributed by atoms with Gasteiger partial charge in [0.1, 0.15) is 0 Å². The average Bonchev–Trinajstić information content (AvgIpc) is 2.17. The first-order valence-corrected chi connectivity index (χ1v) is 5.29. The Balaban J connectivity index is 2.02. The molecule has 0 saturated carbocycles. The molecule has 1 aliphatic rings. The monoisotopic (exact) mass is 205 g/mol. The standard InChI is InChI=1S/C12H15NO2/c1-2-9-7-13(8-9)11-5-3-10(4-6-11)12(14)15/h3-6,9H,2,7-8H2,1H3,(H,14,15). The summed E-state index contributed by atoms with van der Waals surface area (Å²) in [6, 6.07) is 7.10. The fourth-order valence-electron chi connectivity index (χ4n) is 1.85. The van der Waals surface area contributed by atoms with Crippen molar-refractivity contribution in [3.63, 3.8) is 0 Å². The predicted molar refractivity (Wildman–Crippen MR) is 59.4 cm³/mol. The molecule has 3 nitrogen and oxygen atoms in total. The van der Waals surface area contributed by atoms with Gasteiger partial charge in [0.25, 0.3) is 0 Å². The summed E-state index contributed by atoms with van der Waals surface area (Å²) in [6.45, 7) is 4.40. The second-order valence-corrected chi connectivity index (χ2v) is 4.03. The van der Waals surface area contributed by atoms with Gasteiger partial charge in [-0.15, -0.1) is 0 Å². The summed E-state index contributed by atoms with van der Waals surface area (Å²) in [6.07, 6.45) is 1.23. The third kappa shape index (κ3) is 1.96. The lowest BCUT2D eigenvalue weighted by atomic mass is 9.96. The molecule has 1 heterocycles. The quantitative estimate of drug-likeness (QED) is 0.822. The first kappa shape index (κ1) is 10.0. The van der Waals surface area contributed by atoms with Crippen LogP contribution in [-0.2, 0) is 0 Å². The van der Waals surface area contributed by atoms with E-state index in [2.05, 4.69) is 11.8 Å². The fourth-order valence-corrected chi connectivity index (χ4v) is 1.85. The molecule has 0 unspecified atom stereocenters. The molecule has 1 aromatic carbocycles. The van der Waals surface area contributed by atoms with Gasteiger partial charge in [-0.05, 0) is 36.6 Å². The molecule has 0 amide bonds. The van der Waals surface area contributed by atoms with Gasteiger partial charge in [-0.25, -0.2) is 4.79 Å². The molecular formula is C12H15NO2. The lowest BCUT2D eigenvalue weighted by Gasteiger charge is -2.40. The van der Waals surface area contributed by atoms with Crippen LogP contribution in [0.5, 0.6) is 0 Å². The Hall–Kier alpha value is -1.51. The molecule has 1 saturated heterocycles. The first-order valence-electron chi connectivity index (χ1n) is 5.29. The van der Waals surface area contributed by atoms with Gasteiger partial charge in [-0.2, -0.15) is 0 Å². The minimum absolute atomic E-state index is 0.353. The number of anilines is 1. The zero-order valence-corrected chi connectivity index (χ0v) is 8.81. The number of carboxylic acids is 1. The minimum atomic E-state index is -0.864. The SMILES string of the molecule is CCC1CN(c2ccc(C(=O)O)cc2)C1. The largest absolute Gasteiger partial charge is 0.478 e. The number of hydrogen-bond acceptors (Lipinski definition) is 2. The Morgan fingerprint density at radius 2 is 2.00 bits per heavy atom. The minimum Gasteiger partial charge on any atom is -0.478 e. The summed E-state index contributed by atoms with van der Waals surface area (Å²) >= 11 is 0. The summed E-state index contributed by atoms with van der Waals surface area (Å²) in [4.78, 5) is 12.9. The molecule has 0 spiro atoms. The van der Waals surface area contributed by atoms with Gasteiger partial charge in [0.2, 0.25) is 0 Å². The molecule has 3 heteroatoms. The lowest BCUT2D eigenvalue weighted by Crippen LogP contribution is -2.46. The summed E-state index contributed by atoms with van der Waals surface area (Å²) in [5.41, 5.74) is 1.48. The van der Waals surface area contributed by atoms with Crippen LogP contribution in [0.4, 0.5) is 5.69 Å². The fraction of sp³-hybridized carbons (Fsp3) is 0.417. The molecule has 0 atom stereocenters. The number of benzene rings is 1. The Labute approximate surface area is 89.3 Å². The normalized spacial score (nSPS) is 16.2. The Kier molecular flexibility index (Phi) is 2.62. The van der Waals surface area contributed by atoms with E-state index in [-0.39, 0.29) is 0 Å². The molecule has 15 heavy (non-hydrogen) atoms. The van der Waals surface area contributed by atoms with E-state index in [0.29, 0.717) is 5.56 Å². The Bertz CT molecular complexity index is 352. The van der Waals surface area contributed by atoms with Crippen LogP contribution in [-0.4, -0.2) is 24.2 Å². The highest BCUT2D eigenvalue weighted by Crippen LogP contribution is 2.26. The highest BCUT2D eigenvalue weighted by atomic mass is 16.4. The van der Waals surface area contributed by atoms with E-state index in [1.54, 1.807) is 12.1 Å². The summed E-state index contributed by atoms with van der Waals surface area (Å²) < 4.78 is 0. The zero-order valence-electron chi connectivity index (χ0n) is 8.81. The van der Waals surface area contributed by atoms with Gasteiger partial charge >= 0.3 is 5.97 Å². The van der Waals surface area contributed by atoms with Crippen LogP contribution in [0.3, 0.4) is 0 Å². The molecule has 2 rings (SSSR count). The molecule has 1 aromatic rings.